The van der Waals surface area contributed by atoms with Gasteiger partial charge in [0, 0.05) is 10.0 Å². The molecule has 0 fully saturated rings. The van der Waals surface area contributed by atoms with Crippen molar-refractivity contribution in [2.24, 2.45) is 0 Å². The van der Waals surface area contributed by atoms with E-state index >= 15 is 0 Å². The summed E-state index contributed by atoms with van der Waals surface area (Å²) in [4.78, 5) is 10.7. The average Bonchev–Trinajstić information content (AvgIpc) is 2.23. The maximum absolute atomic E-state index is 12.6. The average molecular weight is 367 g/mol. The van der Waals surface area contributed by atoms with Crippen molar-refractivity contribution < 1.29 is 41.4 Å². The Balaban J connectivity index is 3.64. The predicted octanol–water partition coefficient (Wildman–Crippen LogP) is 3.46. The second kappa shape index (κ2) is 4.92. The number of carbonyl (C=O) groups is 1. The van der Waals surface area contributed by atoms with Crippen molar-refractivity contribution in [1.29, 1.82) is 0 Å². The van der Waals surface area contributed by atoms with Gasteiger partial charge in [0.15, 0.2) is 0 Å². The molecule has 0 aliphatic rings. The Labute approximate surface area is 116 Å². The van der Waals surface area contributed by atoms with Crippen molar-refractivity contribution >= 4 is 21.9 Å². The second-order valence-electron chi connectivity index (χ2n) is 3.74. The van der Waals surface area contributed by atoms with Crippen LogP contribution in [-0.4, -0.2) is 28.5 Å². The van der Waals surface area contributed by atoms with Crippen LogP contribution in [0.2, 0.25) is 0 Å². The molecule has 0 aliphatic heterocycles. The lowest BCUT2D eigenvalue weighted by molar-refractivity contribution is -0.376. The Kier molecular flexibility index (Phi) is 4.12. The number of aromatic carboxylic acids is 1. The lowest BCUT2D eigenvalue weighted by Gasteiger charge is -2.32. The number of alkyl halides is 6. The lowest BCUT2D eigenvalue weighted by Crippen LogP contribution is -2.54. The van der Waals surface area contributed by atoms with Crippen molar-refractivity contribution in [3.8, 4) is 0 Å². The first kappa shape index (κ1) is 16.8. The summed E-state index contributed by atoms with van der Waals surface area (Å²) in [5.74, 6) is -1.74. The van der Waals surface area contributed by atoms with Crippen LogP contribution < -0.4 is 0 Å². The van der Waals surface area contributed by atoms with E-state index in [-0.39, 0.29) is 10.5 Å². The highest BCUT2D eigenvalue weighted by molar-refractivity contribution is 9.10. The van der Waals surface area contributed by atoms with E-state index in [0.29, 0.717) is 6.07 Å². The van der Waals surface area contributed by atoms with Gasteiger partial charge in [0.05, 0.1) is 5.56 Å². The Hall–Kier alpha value is -1.29. The van der Waals surface area contributed by atoms with Gasteiger partial charge in [-0.3, -0.25) is 0 Å². The third-order valence-electron chi connectivity index (χ3n) is 2.38. The van der Waals surface area contributed by atoms with Gasteiger partial charge in [-0.25, -0.2) is 4.79 Å². The number of carboxylic acid groups (broad SMARTS) is 1. The van der Waals surface area contributed by atoms with Crippen LogP contribution in [0.5, 0.6) is 0 Å². The first-order valence-electron chi connectivity index (χ1n) is 4.71. The molecule has 2 N–H and O–H groups in total. The van der Waals surface area contributed by atoms with Gasteiger partial charge in [0.2, 0.25) is 0 Å². The van der Waals surface area contributed by atoms with Crippen molar-refractivity contribution in [1.82, 2.24) is 0 Å². The molecule has 0 saturated carbocycles. The highest BCUT2D eigenvalue weighted by Gasteiger charge is 2.71. The molecule has 0 atom stereocenters. The summed E-state index contributed by atoms with van der Waals surface area (Å²) < 4.78 is 75.4. The molecule has 0 unspecified atom stereocenters. The Bertz CT molecular complexity index is 523. The molecule has 1 aromatic carbocycles. The minimum Gasteiger partial charge on any atom is -0.478 e. The summed E-state index contributed by atoms with van der Waals surface area (Å²) in [7, 11) is 0. The van der Waals surface area contributed by atoms with Gasteiger partial charge in [0.1, 0.15) is 0 Å². The summed E-state index contributed by atoms with van der Waals surface area (Å²) in [5, 5.41) is 17.8. The third-order valence-corrected chi connectivity index (χ3v) is 2.84. The molecule has 0 aliphatic carbocycles. The zero-order valence-corrected chi connectivity index (χ0v) is 10.8. The van der Waals surface area contributed by atoms with E-state index in [0.717, 1.165) is 6.07 Å². The number of carboxylic acids is 1. The number of benzene rings is 1. The van der Waals surface area contributed by atoms with Crippen LogP contribution >= 0.6 is 15.9 Å². The molecular weight excluding hydrogens is 362 g/mol. The topological polar surface area (TPSA) is 57.5 Å². The molecule has 0 heterocycles. The van der Waals surface area contributed by atoms with E-state index in [2.05, 4.69) is 15.9 Å². The fraction of sp³-hybridized carbons (Fsp3) is 0.300. The van der Waals surface area contributed by atoms with Gasteiger partial charge >= 0.3 is 18.3 Å². The highest BCUT2D eigenvalue weighted by Crippen LogP contribution is 2.50. The van der Waals surface area contributed by atoms with Crippen molar-refractivity contribution in [2.75, 3.05) is 0 Å². The van der Waals surface area contributed by atoms with Crippen molar-refractivity contribution in [3.63, 3.8) is 0 Å². The van der Waals surface area contributed by atoms with Crippen molar-refractivity contribution in [2.45, 2.75) is 18.0 Å². The minimum atomic E-state index is -6.07. The van der Waals surface area contributed by atoms with Gasteiger partial charge in [-0.1, -0.05) is 15.9 Å². The summed E-state index contributed by atoms with van der Waals surface area (Å²) in [5.41, 5.74) is -7.63. The van der Waals surface area contributed by atoms with Crippen LogP contribution in [-0.2, 0) is 5.60 Å². The first-order chi connectivity index (χ1) is 8.80. The number of aliphatic hydroxyl groups is 1. The van der Waals surface area contributed by atoms with Gasteiger partial charge in [-0.2, -0.15) is 26.3 Å². The molecule has 1 aromatic rings. The smallest absolute Gasteiger partial charge is 0.430 e. The van der Waals surface area contributed by atoms with E-state index in [9.17, 15) is 31.1 Å². The van der Waals surface area contributed by atoms with Gasteiger partial charge in [-0.15, -0.1) is 0 Å². The zero-order valence-electron chi connectivity index (χ0n) is 9.18. The Morgan fingerprint density at radius 3 is 1.80 bits per heavy atom. The molecule has 0 saturated heterocycles. The van der Waals surface area contributed by atoms with Crippen LogP contribution in [0.1, 0.15) is 15.9 Å². The Morgan fingerprint density at radius 1 is 1.00 bits per heavy atom. The number of rotatable bonds is 2. The fourth-order valence-corrected chi connectivity index (χ4v) is 1.90. The predicted molar refractivity (Wildman–Crippen MR) is 57.1 cm³/mol. The van der Waals surface area contributed by atoms with Crippen LogP contribution in [0.3, 0.4) is 0 Å². The van der Waals surface area contributed by atoms with E-state index in [4.69, 9.17) is 10.2 Å². The Morgan fingerprint density at radius 2 is 1.45 bits per heavy atom. The normalized spacial score (nSPS) is 13.4. The molecule has 1 rings (SSSR count). The molecule has 0 radical (unpaired) electrons. The maximum atomic E-state index is 12.6. The van der Waals surface area contributed by atoms with Crippen molar-refractivity contribution in [3.05, 3.63) is 33.8 Å². The molecular formula is C10H5BrF6O3. The van der Waals surface area contributed by atoms with Gasteiger partial charge in [-0.05, 0) is 18.2 Å². The quantitative estimate of drug-likeness (QED) is 0.788. The first-order valence-corrected chi connectivity index (χ1v) is 5.50. The van der Waals surface area contributed by atoms with Gasteiger partial charge < -0.3 is 10.2 Å². The summed E-state index contributed by atoms with van der Waals surface area (Å²) in [6.07, 6.45) is -12.1. The standard InChI is InChI=1S/C10H5BrF6O3/c11-6-2-4(7(18)19)1-5(3-6)8(20,9(12,13)14)10(15,16)17/h1-3,20H,(H,18,19). The third kappa shape index (κ3) is 2.75. The minimum absolute atomic E-state index is 0.119. The van der Waals surface area contributed by atoms with E-state index in [1.807, 2.05) is 0 Å². The fourth-order valence-electron chi connectivity index (χ4n) is 1.41. The number of halogens is 7. The monoisotopic (exact) mass is 366 g/mol. The molecule has 20 heavy (non-hydrogen) atoms. The summed E-state index contributed by atoms with van der Waals surface area (Å²) >= 11 is 2.60. The molecule has 3 nitrogen and oxygen atoms in total. The lowest BCUT2D eigenvalue weighted by atomic mass is 9.91. The highest BCUT2D eigenvalue weighted by atomic mass is 79.9. The van der Waals surface area contributed by atoms with Crippen LogP contribution in [0.4, 0.5) is 26.3 Å². The second-order valence-corrected chi connectivity index (χ2v) is 4.66. The number of hydrogen-bond donors (Lipinski definition) is 2. The number of hydrogen-bond acceptors (Lipinski definition) is 2. The molecule has 10 heteroatoms. The van der Waals surface area contributed by atoms with Crippen LogP contribution in [0, 0.1) is 0 Å². The maximum Gasteiger partial charge on any atom is 0.430 e. The molecule has 0 aromatic heterocycles. The van der Waals surface area contributed by atoms with Gasteiger partial charge in [0.25, 0.3) is 5.60 Å². The zero-order chi connectivity index (χ0) is 15.9. The largest absolute Gasteiger partial charge is 0.478 e. The molecule has 0 bridgehead atoms. The van der Waals surface area contributed by atoms with E-state index < -0.39 is 35.0 Å². The molecule has 0 amide bonds. The van der Waals surface area contributed by atoms with Crippen LogP contribution in [0.15, 0.2) is 22.7 Å². The summed E-state index contributed by atoms with van der Waals surface area (Å²) in [6, 6.07) is 1.28. The SMILES string of the molecule is O=C(O)c1cc(Br)cc(C(O)(C(F)(F)F)C(F)(F)F)c1. The van der Waals surface area contributed by atoms with Crippen LogP contribution in [0.25, 0.3) is 0 Å². The molecule has 0 spiro atoms. The molecule has 112 valence electrons. The van der Waals surface area contributed by atoms with E-state index in [1.165, 1.54) is 0 Å². The van der Waals surface area contributed by atoms with E-state index in [1.54, 1.807) is 0 Å². The summed E-state index contributed by atoms with van der Waals surface area (Å²) in [6.45, 7) is 0.